The van der Waals surface area contributed by atoms with Crippen LogP contribution in [0.15, 0.2) is 53.3 Å². The number of alkyl halides is 3. The van der Waals surface area contributed by atoms with Crippen molar-refractivity contribution in [3.63, 3.8) is 0 Å². The first-order valence-corrected chi connectivity index (χ1v) is 11.3. The number of methoxy groups -OCH3 is 1. The molecule has 1 amide bonds. The van der Waals surface area contributed by atoms with Gasteiger partial charge in [0.15, 0.2) is 0 Å². The van der Waals surface area contributed by atoms with Gasteiger partial charge < -0.3 is 15.0 Å². The first kappa shape index (κ1) is 25.4. The fourth-order valence-corrected chi connectivity index (χ4v) is 4.09. The monoisotopic (exact) mass is 503 g/mol. The van der Waals surface area contributed by atoms with Crippen LogP contribution in [-0.2, 0) is 11.6 Å². The van der Waals surface area contributed by atoms with Crippen molar-refractivity contribution in [2.75, 3.05) is 7.11 Å². The van der Waals surface area contributed by atoms with E-state index in [1.54, 1.807) is 19.2 Å². The Bertz CT molecular complexity index is 1330. The molecule has 0 unspecified atom stereocenters. The van der Waals surface area contributed by atoms with Gasteiger partial charge in [0.25, 0.3) is 11.5 Å². The molecule has 36 heavy (non-hydrogen) atoms. The third-order valence-electron chi connectivity index (χ3n) is 6.42. The molecular formula is C26H25F4N3O3. The summed E-state index contributed by atoms with van der Waals surface area (Å²) >= 11 is 0. The van der Waals surface area contributed by atoms with Gasteiger partial charge in [0.05, 0.1) is 18.7 Å². The second kappa shape index (κ2) is 9.40. The van der Waals surface area contributed by atoms with Gasteiger partial charge in [-0.15, -0.1) is 0 Å². The van der Waals surface area contributed by atoms with E-state index in [2.05, 4.69) is 15.3 Å². The van der Waals surface area contributed by atoms with Gasteiger partial charge in [-0.25, -0.2) is 9.37 Å². The topological polar surface area (TPSA) is 84.1 Å². The van der Waals surface area contributed by atoms with Gasteiger partial charge in [-0.2, -0.15) is 13.2 Å². The molecule has 1 aromatic heterocycles. The smallest absolute Gasteiger partial charge is 0.419 e. The van der Waals surface area contributed by atoms with E-state index in [0.29, 0.717) is 11.8 Å². The van der Waals surface area contributed by atoms with Gasteiger partial charge in [0.2, 0.25) is 0 Å². The molecule has 0 aliphatic heterocycles. The molecule has 1 aliphatic carbocycles. The molecular weight excluding hydrogens is 478 g/mol. The number of nitrogens with one attached hydrogen (secondary N) is 2. The van der Waals surface area contributed by atoms with Crippen molar-refractivity contribution in [2.45, 2.75) is 44.3 Å². The number of aromatic amines is 1. The van der Waals surface area contributed by atoms with E-state index >= 15 is 0 Å². The SMILES string of the molecule is COc1ccc(C(C)(C)c2nc(C(=O)N[C@@H](c3ccc(C(F)(F)F)c(F)c3)C3CC3)cc(=O)[nH]2)cc1. The van der Waals surface area contributed by atoms with E-state index in [0.717, 1.165) is 30.5 Å². The van der Waals surface area contributed by atoms with E-state index in [9.17, 15) is 27.2 Å². The van der Waals surface area contributed by atoms with Crippen molar-refractivity contribution < 1.29 is 27.1 Å². The minimum Gasteiger partial charge on any atom is -0.497 e. The number of nitrogens with zero attached hydrogens (tertiary/aromatic N) is 1. The third kappa shape index (κ3) is 5.27. The lowest BCUT2D eigenvalue weighted by Gasteiger charge is -2.25. The van der Waals surface area contributed by atoms with Crippen molar-refractivity contribution in [2.24, 2.45) is 5.92 Å². The standard InChI is InChI=1S/C26H25F4N3O3/c1-25(2,16-7-9-17(36-3)10-8-16)24-31-20(13-21(34)32-24)23(35)33-22(14-4-5-14)15-6-11-18(19(27)12-15)26(28,29)30/h6-14,22H,4-5H2,1-3H3,(H,33,35)(H,31,32,34)/t22-/m1/s1. The average Bonchev–Trinajstić information content (AvgIpc) is 3.66. The number of hydrogen-bond acceptors (Lipinski definition) is 4. The Morgan fingerprint density at radius 1 is 1.11 bits per heavy atom. The van der Waals surface area contributed by atoms with E-state index in [1.807, 2.05) is 26.0 Å². The summed E-state index contributed by atoms with van der Waals surface area (Å²) in [6.07, 6.45) is -3.36. The number of carbonyl (C=O) groups is 1. The maximum absolute atomic E-state index is 14.2. The maximum Gasteiger partial charge on any atom is 0.419 e. The second-order valence-corrected chi connectivity index (χ2v) is 9.36. The quantitative estimate of drug-likeness (QED) is 0.437. The van der Waals surface area contributed by atoms with E-state index < -0.39 is 40.5 Å². The minimum absolute atomic E-state index is 0.0534. The number of amides is 1. The summed E-state index contributed by atoms with van der Waals surface area (Å²) in [6.45, 7) is 3.68. The molecule has 0 radical (unpaired) electrons. The van der Waals surface area contributed by atoms with Crippen LogP contribution in [0.25, 0.3) is 0 Å². The van der Waals surface area contributed by atoms with Crippen LogP contribution in [-0.4, -0.2) is 23.0 Å². The largest absolute Gasteiger partial charge is 0.497 e. The highest BCUT2D eigenvalue weighted by molar-refractivity contribution is 5.92. The average molecular weight is 503 g/mol. The highest BCUT2D eigenvalue weighted by atomic mass is 19.4. The molecule has 3 aromatic rings. The van der Waals surface area contributed by atoms with Gasteiger partial charge >= 0.3 is 6.18 Å². The molecule has 1 heterocycles. The van der Waals surface area contributed by atoms with Crippen LogP contribution in [0.4, 0.5) is 17.6 Å². The Kier molecular flexibility index (Phi) is 6.64. The molecule has 190 valence electrons. The van der Waals surface area contributed by atoms with Crippen LogP contribution in [0, 0.1) is 11.7 Å². The van der Waals surface area contributed by atoms with Crippen molar-refractivity contribution in [1.29, 1.82) is 0 Å². The Morgan fingerprint density at radius 3 is 2.33 bits per heavy atom. The van der Waals surface area contributed by atoms with Crippen LogP contribution in [0.2, 0.25) is 0 Å². The Labute approximate surface area is 204 Å². The summed E-state index contributed by atoms with van der Waals surface area (Å²) in [5.74, 6) is -1.21. The second-order valence-electron chi connectivity index (χ2n) is 9.36. The molecule has 1 saturated carbocycles. The first-order valence-electron chi connectivity index (χ1n) is 11.3. The number of H-pyrrole nitrogens is 1. The van der Waals surface area contributed by atoms with Crippen LogP contribution in [0.1, 0.15) is 65.7 Å². The highest BCUT2D eigenvalue weighted by Gasteiger charge is 2.37. The summed E-state index contributed by atoms with van der Waals surface area (Å²) in [5, 5.41) is 2.74. The zero-order valence-electron chi connectivity index (χ0n) is 19.9. The van der Waals surface area contributed by atoms with Crippen molar-refractivity contribution in [3.8, 4) is 5.75 Å². The molecule has 0 spiro atoms. The number of ether oxygens (including phenoxy) is 1. The molecule has 6 nitrogen and oxygen atoms in total. The molecule has 1 fully saturated rings. The fraction of sp³-hybridized carbons (Fsp3) is 0.346. The lowest BCUT2D eigenvalue weighted by molar-refractivity contribution is -0.140. The van der Waals surface area contributed by atoms with Crippen LogP contribution >= 0.6 is 0 Å². The third-order valence-corrected chi connectivity index (χ3v) is 6.42. The number of carbonyl (C=O) groups excluding carboxylic acids is 1. The number of rotatable bonds is 7. The molecule has 0 bridgehead atoms. The summed E-state index contributed by atoms with van der Waals surface area (Å²) in [5.41, 5.74) is -1.77. The lowest BCUT2D eigenvalue weighted by atomic mass is 9.83. The van der Waals surface area contributed by atoms with Gasteiger partial charge in [-0.3, -0.25) is 9.59 Å². The van der Waals surface area contributed by atoms with Crippen molar-refractivity contribution >= 4 is 5.91 Å². The Hall–Kier alpha value is -3.69. The van der Waals surface area contributed by atoms with Crippen molar-refractivity contribution in [1.82, 2.24) is 15.3 Å². The first-order chi connectivity index (χ1) is 16.9. The summed E-state index contributed by atoms with van der Waals surface area (Å²) in [7, 11) is 1.55. The number of hydrogen-bond donors (Lipinski definition) is 2. The van der Waals surface area contributed by atoms with Gasteiger partial charge in [-0.1, -0.05) is 18.2 Å². The molecule has 10 heteroatoms. The molecule has 4 rings (SSSR count). The molecule has 2 aromatic carbocycles. The molecule has 1 aliphatic rings. The Balaban J connectivity index is 1.62. The Morgan fingerprint density at radius 2 is 1.78 bits per heavy atom. The van der Waals surface area contributed by atoms with E-state index in [4.69, 9.17) is 4.74 Å². The number of aromatic nitrogens is 2. The summed E-state index contributed by atoms with van der Waals surface area (Å²) in [4.78, 5) is 32.6. The van der Waals surface area contributed by atoms with Crippen LogP contribution < -0.4 is 15.6 Å². The maximum atomic E-state index is 14.2. The highest BCUT2D eigenvalue weighted by Crippen LogP contribution is 2.42. The summed E-state index contributed by atoms with van der Waals surface area (Å²) in [6, 6.07) is 10.2. The number of benzene rings is 2. The van der Waals surface area contributed by atoms with Crippen LogP contribution in [0.3, 0.4) is 0 Å². The zero-order chi connectivity index (χ0) is 26.3. The van der Waals surface area contributed by atoms with E-state index in [1.165, 1.54) is 6.07 Å². The lowest BCUT2D eigenvalue weighted by Crippen LogP contribution is -2.34. The van der Waals surface area contributed by atoms with E-state index in [-0.39, 0.29) is 23.0 Å². The molecule has 1 atom stereocenters. The van der Waals surface area contributed by atoms with Crippen LogP contribution in [0.5, 0.6) is 5.75 Å². The van der Waals surface area contributed by atoms with Crippen molar-refractivity contribution in [3.05, 3.63) is 92.9 Å². The molecule has 2 N–H and O–H groups in total. The fourth-order valence-electron chi connectivity index (χ4n) is 4.09. The summed E-state index contributed by atoms with van der Waals surface area (Å²) < 4.78 is 58.3. The molecule has 0 saturated heterocycles. The van der Waals surface area contributed by atoms with Gasteiger partial charge in [-0.05, 0) is 68.0 Å². The predicted molar refractivity (Wildman–Crippen MR) is 124 cm³/mol. The zero-order valence-corrected chi connectivity index (χ0v) is 19.9. The normalized spacial score (nSPS) is 14.9. The minimum atomic E-state index is -4.82. The predicted octanol–water partition coefficient (Wildman–Crippen LogP) is 5.14. The van der Waals surface area contributed by atoms with Gasteiger partial charge in [0.1, 0.15) is 23.1 Å². The van der Waals surface area contributed by atoms with Gasteiger partial charge in [0, 0.05) is 11.5 Å². The number of halogens is 4.